The Hall–Kier alpha value is -0.270. The third kappa shape index (κ3) is 3.86. The maximum atomic E-state index is 5.93. The number of nitrogens with one attached hydrogen (secondary N) is 1. The van der Waals surface area contributed by atoms with Gasteiger partial charge < -0.3 is 11.1 Å². The van der Waals surface area contributed by atoms with E-state index in [0.29, 0.717) is 0 Å². The summed E-state index contributed by atoms with van der Waals surface area (Å²) in [5, 5.41) is 3.36. The quantitative estimate of drug-likeness (QED) is 0.567. The molecule has 0 fully saturated rings. The number of halogens is 2. The zero-order chi connectivity index (χ0) is 12.3. The Labute approximate surface area is 127 Å². The zero-order valence-electron chi connectivity index (χ0n) is 9.04. The Morgan fingerprint density at radius 3 is 2.76 bits per heavy atom. The number of thiophene rings is 1. The van der Waals surface area contributed by atoms with E-state index in [0.717, 1.165) is 27.9 Å². The van der Waals surface area contributed by atoms with Crippen LogP contribution in [0.4, 0.5) is 11.4 Å². The van der Waals surface area contributed by atoms with E-state index in [2.05, 4.69) is 62.0 Å². The highest BCUT2D eigenvalue weighted by Gasteiger charge is 2.00. The van der Waals surface area contributed by atoms with Crippen LogP contribution in [0, 0.1) is 3.57 Å². The van der Waals surface area contributed by atoms with Gasteiger partial charge in [0.25, 0.3) is 0 Å². The Kier molecular flexibility index (Phi) is 4.69. The van der Waals surface area contributed by atoms with Crippen molar-refractivity contribution in [2.75, 3.05) is 17.6 Å². The van der Waals surface area contributed by atoms with E-state index in [1.165, 1.54) is 8.66 Å². The van der Waals surface area contributed by atoms with E-state index in [4.69, 9.17) is 5.73 Å². The maximum absolute atomic E-state index is 5.93. The molecule has 1 aromatic carbocycles. The fourth-order valence-corrected chi connectivity index (χ4v) is 3.50. The van der Waals surface area contributed by atoms with Crippen LogP contribution in [0.15, 0.2) is 34.1 Å². The average molecular weight is 423 g/mol. The van der Waals surface area contributed by atoms with Crippen LogP contribution in [0.5, 0.6) is 0 Å². The molecule has 5 heteroatoms. The second kappa shape index (κ2) is 6.06. The molecule has 0 spiro atoms. The third-order valence-corrected chi connectivity index (χ3v) is 4.68. The lowest BCUT2D eigenvalue weighted by Gasteiger charge is -2.08. The van der Waals surface area contributed by atoms with Gasteiger partial charge in [-0.3, -0.25) is 0 Å². The second-order valence-electron chi connectivity index (χ2n) is 3.61. The zero-order valence-corrected chi connectivity index (χ0v) is 13.6. The van der Waals surface area contributed by atoms with Gasteiger partial charge in [-0.15, -0.1) is 11.3 Å². The minimum absolute atomic E-state index is 0.810. The van der Waals surface area contributed by atoms with Gasteiger partial charge in [0.1, 0.15) is 0 Å². The van der Waals surface area contributed by atoms with Crippen molar-refractivity contribution in [1.29, 1.82) is 0 Å². The molecule has 0 unspecified atom stereocenters. The molecule has 0 radical (unpaired) electrons. The molecule has 2 rings (SSSR count). The van der Waals surface area contributed by atoms with Crippen LogP contribution in [-0.4, -0.2) is 6.54 Å². The Bertz CT molecular complexity index is 513. The summed E-state index contributed by atoms with van der Waals surface area (Å²) in [5.74, 6) is 0. The van der Waals surface area contributed by atoms with Crippen LogP contribution < -0.4 is 11.1 Å². The van der Waals surface area contributed by atoms with Crippen molar-refractivity contribution < 1.29 is 0 Å². The van der Waals surface area contributed by atoms with E-state index in [9.17, 15) is 0 Å². The molecular formula is C12H12BrIN2S. The monoisotopic (exact) mass is 422 g/mol. The van der Waals surface area contributed by atoms with Crippen LogP contribution in [0.2, 0.25) is 0 Å². The van der Waals surface area contributed by atoms with Gasteiger partial charge in [0.2, 0.25) is 0 Å². The average Bonchev–Trinajstić information content (AvgIpc) is 2.68. The highest BCUT2D eigenvalue weighted by Crippen LogP contribution is 2.23. The van der Waals surface area contributed by atoms with E-state index in [1.54, 1.807) is 11.3 Å². The van der Waals surface area contributed by atoms with Crippen molar-refractivity contribution in [3.8, 4) is 0 Å². The SMILES string of the molecule is Nc1cc(I)ccc1NCCc1ccc(Br)s1. The summed E-state index contributed by atoms with van der Waals surface area (Å²) in [5.41, 5.74) is 7.76. The summed E-state index contributed by atoms with van der Waals surface area (Å²) < 4.78 is 2.34. The molecule has 0 atom stereocenters. The molecular weight excluding hydrogens is 411 g/mol. The van der Waals surface area contributed by atoms with Crippen molar-refractivity contribution in [2.24, 2.45) is 0 Å². The molecule has 0 aliphatic heterocycles. The summed E-state index contributed by atoms with van der Waals surface area (Å²) in [6, 6.07) is 10.3. The number of rotatable bonds is 4. The van der Waals surface area contributed by atoms with Crippen LogP contribution in [0.3, 0.4) is 0 Å². The fraction of sp³-hybridized carbons (Fsp3) is 0.167. The summed E-state index contributed by atoms with van der Waals surface area (Å²) in [6.07, 6.45) is 1.02. The van der Waals surface area contributed by atoms with Gasteiger partial charge in [-0.05, 0) is 75.3 Å². The highest BCUT2D eigenvalue weighted by atomic mass is 127. The van der Waals surface area contributed by atoms with Gasteiger partial charge in [0.15, 0.2) is 0 Å². The molecule has 1 heterocycles. The lowest BCUT2D eigenvalue weighted by atomic mass is 10.2. The standard InChI is InChI=1S/C12H12BrIN2S/c13-12-4-2-9(17-12)5-6-16-11-3-1-8(14)7-10(11)15/h1-4,7,16H,5-6,15H2. The number of anilines is 2. The van der Waals surface area contributed by atoms with Crippen molar-refractivity contribution in [2.45, 2.75) is 6.42 Å². The minimum atomic E-state index is 0.810. The number of hydrogen-bond donors (Lipinski definition) is 2. The van der Waals surface area contributed by atoms with Gasteiger partial charge in [-0.25, -0.2) is 0 Å². The molecule has 0 saturated carbocycles. The van der Waals surface area contributed by atoms with E-state index >= 15 is 0 Å². The van der Waals surface area contributed by atoms with E-state index in [-0.39, 0.29) is 0 Å². The van der Waals surface area contributed by atoms with Crippen LogP contribution >= 0.6 is 49.9 Å². The third-order valence-electron chi connectivity index (χ3n) is 2.33. The lowest BCUT2D eigenvalue weighted by molar-refractivity contribution is 1.05. The van der Waals surface area contributed by atoms with Crippen molar-refractivity contribution in [3.05, 3.63) is 42.6 Å². The first-order chi connectivity index (χ1) is 8.15. The molecule has 3 N–H and O–H groups in total. The number of nitrogens with two attached hydrogens (primary N) is 1. The lowest BCUT2D eigenvalue weighted by Crippen LogP contribution is -2.06. The summed E-state index contributed by atoms with van der Waals surface area (Å²) >= 11 is 7.50. The second-order valence-corrected chi connectivity index (χ2v) is 7.41. The van der Waals surface area contributed by atoms with Gasteiger partial charge in [-0.2, -0.15) is 0 Å². The van der Waals surface area contributed by atoms with Crippen molar-refractivity contribution in [1.82, 2.24) is 0 Å². The van der Waals surface area contributed by atoms with Gasteiger partial charge in [-0.1, -0.05) is 0 Å². The molecule has 0 bridgehead atoms. The van der Waals surface area contributed by atoms with Gasteiger partial charge in [0, 0.05) is 15.0 Å². The van der Waals surface area contributed by atoms with Crippen LogP contribution in [0.1, 0.15) is 4.88 Å². The summed E-state index contributed by atoms with van der Waals surface area (Å²) in [6.45, 7) is 0.901. The summed E-state index contributed by atoms with van der Waals surface area (Å²) in [7, 11) is 0. The van der Waals surface area contributed by atoms with Gasteiger partial charge >= 0.3 is 0 Å². The molecule has 0 aliphatic carbocycles. The first kappa shape index (κ1) is 13.2. The molecule has 0 saturated heterocycles. The normalized spacial score (nSPS) is 10.5. The Morgan fingerprint density at radius 1 is 1.29 bits per heavy atom. The molecule has 2 nitrogen and oxygen atoms in total. The predicted molar refractivity (Wildman–Crippen MR) is 87.8 cm³/mol. The smallest absolute Gasteiger partial charge is 0.0701 e. The maximum Gasteiger partial charge on any atom is 0.0701 e. The van der Waals surface area contributed by atoms with Crippen LogP contribution in [-0.2, 0) is 6.42 Å². The highest BCUT2D eigenvalue weighted by molar-refractivity contribution is 14.1. The van der Waals surface area contributed by atoms with E-state index < -0.39 is 0 Å². The number of nitrogen functional groups attached to an aromatic ring is 1. The van der Waals surface area contributed by atoms with Gasteiger partial charge in [0.05, 0.1) is 15.2 Å². The van der Waals surface area contributed by atoms with E-state index in [1.807, 2.05) is 12.1 Å². The molecule has 90 valence electrons. The molecule has 17 heavy (non-hydrogen) atoms. The Morgan fingerprint density at radius 2 is 2.12 bits per heavy atom. The fourth-order valence-electron chi connectivity index (χ4n) is 1.50. The summed E-state index contributed by atoms with van der Waals surface area (Å²) in [4.78, 5) is 1.37. The van der Waals surface area contributed by atoms with Crippen LogP contribution in [0.25, 0.3) is 0 Å². The first-order valence-electron chi connectivity index (χ1n) is 5.18. The molecule has 2 aromatic rings. The minimum Gasteiger partial charge on any atom is -0.397 e. The first-order valence-corrected chi connectivity index (χ1v) is 7.87. The molecule has 0 aliphatic rings. The number of benzene rings is 1. The van der Waals surface area contributed by atoms with Crippen molar-refractivity contribution >= 4 is 61.2 Å². The molecule has 0 amide bonds. The largest absolute Gasteiger partial charge is 0.397 e. The number of hydrogen-bond acceptors (Lipinski definition) is 3. The Balaban J connectivity index is 1.90. The topological polar surface area (TPSA) is 38.0 Å². The van der Waals surface area contributed by atoms with Crippen molar-refractivity contribution in [3.63, 3.8) is 0 Å². The molecule has 1 aromatic heterocycles. The predicted octanol–water partition coefficient (Wildman–Crippen LogP) is 4.35.